The Kier molecular flexibility index (Phi) is 8.80. The number of carbonyl (C=O) groups excluding carboxylic acids is 1. The summed E-state index contributed by atoms with van der Waals surface area (Å²) in [6.07, 6.45) is -2.10. The monoisotopic (exact) mass is 439 g/mol. The van der Waals surface area contributed by atoms with Gasteiger partial charge < -0.3 is 19.9 Å². The Morgan fingerprint density at radius 1 is 1.45 bits per heavy atom. The number of hydrogen-bond acceptors (Lipinski definition) is 7. The molecule has 2 aliphatic rings. The minimum atomic E-state index is -5.08. The zero-order chi connectivity index (χ0) is 21.4. The van der Waals surface area contributed by atoms with Crippen LogP contribution in [0.25, 0.3) is 0 Å². The molecule has 0 aliphatic carbocycles. The molecule has 2 N–H and O–H groups in total. The molecule has 1 aromatic heterocycles. The van der Waals surface area contributed by atoms with Gasteiger partial charge in [-0.2, -0.15) is 13.2 Å². The molecule has 0 unspecified atom stereocenters. The summed E-state index contributed by atoms with van der Waals surface area (Å²) in [5, 5.41) is 13.2. The van der Waals surface area contributed by atoms with E-state index < -0.39 is 12.1 Å². The molecule has 0 saturated carbocycles. The molecule has 3 atom stereocenters. The van der Waals surface area contributed by atoms with Crippen LogP contribution in [-0.2, 0) is 25.6 Å². The number of nitrogens with zero attached hydrogens (tertiary/aromatic N) is 2. The van der Waals surface area contributed by atoms with Gasteiger partial charge >= 0.3 is 12.1 Å². The third-order valence-corrected chi connectivity index (χ3v) is 5.46. The Labute approximate surface area is 170 Å². The van der Waals surface area contributed by atoms with E-state index in [0.29, 0.717) is 19.1 Å². The average molecular weight is 439 g/mol. The van der Waals surface area contributed by atoms with Gasteiger partial charge in [0, 0.05) is 50.8 Å². The first-order valence-corrected chi connectivity index (χ1v) is 9.89. The second-order valence-electron chi connectivity index (χ2n) is 6.67. The summed E-state index contributed by atoms with van der Waals surface area (Å²) in [7, 11) is 1.64. The van der Waals surface area contributed by atoms with Crippen molar-refractivity contribution in [3.63, 3.8) is 0 Å². The molecule has 2 saturated heterocycles. The van der Waals surface area contributed by atoms with Crippen LogP contribution in [0, 0.1) is 11.8 Å². The van der Waals surface area contributed by atoms with Gasteiger partial charge in [0.15, 0.2) is 0 Å². The smallest absolute Gasteiger partial charge is 0.475 e. The van der Waals surface area contributed by atoms with Gasteiger partial charge in [0.1, 0.15) is 5.01 Å². The standard InChI is InChI=1S/C15H23N3O3S.C2HF3O2/c1-20-6-3-17-15(19)12-8-18(10-14-16-4-7-22-14)9-13-11(12)2-5-21-13;3-2(4,5)1(6)7/h4,7,11-13H,2-3,5-6,8-10H2,1H3,(H,17,19);(H,6,7)/t11-,12-,13+;/m0./s1. The normalized spacial score (nSPS) is 24.3. The minimum Gasteiger partial charge on any atom is -0.475 e. The van der Waals surface area contributed by atoms with Crippen LogP contribution in [0.15, 0.2) is 11.6 Å². The van der Waals surface area contributed by atoms with Gasteiger partial charge in [-0.1, -0.05) is 0 Å². The maximum absolute atomic E-state index is 12.5. The largest absolute Gasteiger partial charge is 0.490 e. The number of ether oxygens (including phenoxy) is 2. The number of rotatable bonds is 6. The summed E-state index contributed by atoms with van der Waals surface area (Å²) >= 11 is 1.66. The van der Waals surface area contributed by atoms with Crippen molar-refractivity contribution in [2.75, 3.05) is 40.0 Å². The molecule has 0 aromatic carbocycles. The lowest BCUT2D eigenvalue weighted by Crippen LogP contribution is -2.52. The van der Waals surface area contributed by atoms with Gasteiger partial charge in [0.05, 0.1) is 25.2 Å². The number of piperidine rings is 1. The molecule has 12 heteroatoms. The number of halogens is 3. The predicted molar refractivity (Wildman–Crippen MR) is 97.3 cm³/mol. The van der Waals surface area contributed by atoms with E-state index in [1.165, 1.54) is 0 Å². The zero-order valence-corrected chi connectivity index (χ0v) is 16.7. The number of aliphatic carboxylic acids is 1. The summed E-state index contributed by atoms with van der Waals surface area (Å²) in [5.41, 5.74) is 0. The highest BCUT2D eigenvalue weighted by molar-refractivity contribution is 7.09. The summed E-state index contributed by atoms with van der Waals surface area (Å²) in [6.45, 7) is 4.35. The number of carboxylic acid groups (broad SMARTS) is 1. The van der Waals surface area contributed by atoms with Crippen molar-refractivity contribution in [2.45, 2.75) is 25.2 Å². The summed E-state index contributed by atoms with van der Waals surface area (Å²) in [4.78, 5) is 28.0. The number of nitrogens with one attached hydrogen (secondary N) is 1. The van der Waals surface area contributed by atoms with Crippen LogP contribution in [0.1, 0.15) is 11.4 Å². The van der Waals surface area contributed by atoms with Gasteiger partial charge in [0.25, 0.3) is 0 Å². The van der Waals surface area contributed by atoms with Gasteiger partial charge in [0.2, 0.25) is 5.91 Å². The summed E-state index contributed by atoms with van der Waals surface area (Å²) in [6, 6.07) is 0. The molecule has 1 aromatic rings. The molecule has 0 bridgehead atoms. The second-order valence-corrected chi connectivity index (χ2v) is 7.65. The van der Waals surface area contributed by atoms with Crippen molar-refractivity contribution in [2.24, 2.45) is 11.8 Å². The van der Waals surface area contributed by atoms with Crippen molar-refractivity contribution < 1.29 is 37.3 Å². The number of thiazole rings is 1. The molecular weight excluding hydrogens is 415 g/mol. The van der Waals surface area contributed by atoms with E-state index in [0.717, 1.165) is 37.7 Å². The zero-order valence-electron chi connectivity index (χ0n) is 15.9. The number of amides is 1. The maximum Gasteiger partial charge on any atom is 0.490 e. The summed E-state index contributed by atoms with van der Waals surface area (Å²) < 4.78 is 42.6. The molecule has 8 nitrogen and oxygen atoms in total. The number of alkyl halides is 3. The first-order valence-electron chi connectivity index (χ1n) is 9.01. The van der Waals surface area contributed by atoms with E-state index in [2.05, 4.69) is 15.2 Å². The molecule has 0 radical (unpaired) electrons. The third-order valence-electron chi connectivity index (χ3n) is 4.70. The number of aromatic nitrogens is 1. The van der Waals surface area contributed by atoms with Crippen molar-refractivity contribution >= 4 is 23.2 Å². The highest BCUT2D eigenvalue weighted by atomic mass is 32.1. The molecule has 2 aliphatic heterocycles. The lowest BCUT2D eigenvalue weighted by atomic mass is 9.82. The number of methoxy groups -OCH3 is 1. The van der Waals surface area contributed by atoms with E-state index >= 15 is 0 Å². The molecule has 1 amide bonds. The van der Waals surface area contributed by atoms with E-state index in [1.807, 2.05) is 11.6 Å². The van der Waals surface area contributed by atoms with E-state index in [-0.39, 0.29) is 17.9 Å². The fraction of sp³-hybridized carbons (Fsp3) is 0.706. The highest BCUT2D eigenvalue weighted by Crippen LogP contribution is 2.34. The van der Waals surface area contributed by atoms with Crippen LogP contribution < -0.4 is 5.32 Å². The Morgan fingerprint density at radius 2 is 2.17 bits per heavy atom. The molecule has 29 heavy (non-hydrogen) atoms. The number of hydrogen-bond donors (Lipinski definition) is 2. The fourth-order valence-electron chi connectivity index (χ4n) is 3.39. The van der Waals surface area contributed by atoms with Crippen molar-refractivity contribution in [1.29, 1.82) is 0 Å². The van der Waals surface area contributed by atoms with Crippen LogP contribution in [0.4, 0.5) is 13.2 Å². The third kappa shape index (κ3) is 7.21. The van der Waals surface area contributed by atoms with E-state index in [4.69, 9.17) is 19.4 Å². The second kappa shape index (κ2) is 10.9. The number of fused-ring (bicyclic) bond motifs is 1. The lowest BCUT2D eigenvalue weighted by Gasteiger charge is -2.38. The maximum atomic E-state index is 12.5. The van der Waals surface area contributed by atoms with Crippen LogP contribution in [0.2, 0.25) is 0 Å². The average Bonchev–Trinajstić information content (AvgIpc) is 3.32. The lowest BCUT2D eigenvalue weighted by molar-refractivity contribution is -0.192. The van der Waals surface area contributed by atoms with Crippen molar-refractivity contribution in [1.82, 2.24) is 15.2 Å². The molecule has 3 heterocycles. The number of carbonyl (C=O) groups is 2. The molecule has 2 fully saturated rings. The molecule has 0 spiro atoms. The van der Waals surface area contributed by atoms with Crippen LogP contribution in [-0.4, -0.2) is 79.1 Å². The first kappa shape index (κ1) is 23.5. The molecule has 164 valence electrons. The predicted octanol–water partition coefficient (Wildman–Crippen LogP) is 1.38. The number of carboxylic acids is 1. The Morgan fingerprint density at radius 3 is 2.76 bits per heavy atom. The fourth-order valence-corrected chi connectivity index (χ4v) is 4.05. The molecular formula is C17H24F3N3O5S. The van der Waals surface area contributed by atoms with Crippen LogP contribution >= 0.6 is 11.3 Å². The van der Waals surface area contributed by atoms with Crippen LogP contribution in [0.3, 0.4) is 0 Å². The first-order chi connectivity index (χ1) is 13.7. The van der Waals surface area contributed by atoms with E-state index in [9.17, 15) is 18.0 Å². The Bertz CT molecular complexity index is 659. The highest BCUT2D eigenvalue weighted by Gasteiger charge is 2.43. The summed E-state index contributed by atoms with van der Waals surface area (Å²) in [5.74, 6) is -2.29. The number of likely N-dealkylation sites (tertiary alicyclic amines) is 1. The quantitative estimate of drug-likeness (QED) is 0.646. The Balaban J connectivity index is 0.000000370. The Hall–Kier alpha value is -1.76. The van der Waals surface area contributed by atoms with E-state index in [1.54, 1.807) is 18.4 Å². The van der Waals surface area contributed by atoms with Gasteiger partial charge in [-0.25, -0.2) is 9.78 Å². The topological polar surface area (TPSA) is 101 Å². The van der Waals surface area contributed by atoms with Gasteiger partial charge in [-0.3, -0.25) is 9.69 Å². The van der Waals surface area contributed by atoms with Crippen LogP contribution in [0.5, 0.6) is 0 Å². The van der Waals surface area contributed by atoms with Crippen molar-refractivity contribution in [3.8, 4) is 0 Å². The molecule has 3 rings (SSSR count). The van der Waals surface area contributed by atoms with Gasteiger partial charge in [-0.15, -0.1) is 11.3 Å². The minimum absolute atomic E-state index is 0.00179. The van der Waals surface area contributed by atoms with Crippen molar-refractivity contribution in [3.05, 3.63) is 16.6 Å². The van der Waals surface area contributed by atoms with Gasteiger partial charge in [-0.05, 0) is 6.42 Å². The SMILES string of the molecule is COCCNC(=O)[C@H]1CN(Cc2nccs2)C[C@H]2OCC[C@@H]12.O=C(O)C(F)(F)F.